The number of likely N-dealkylation sites (tertiary alicyclic amines) is 1. The molecule has 5 rings (SSSR count). The zero-order valence-electron chi connectivity index (χ0n) is 23.4. The fourth-order valence-corrected chi connectivity index (χ4v) is 5.02. The highest BCUT2D eigenvalue weighted by Gasteiger charge is 2.30. The van der Waals surface area contributed by atoms with Crippen molar-refractivity contribution in [3.05, 3.63) is 65.3 Å². The van der Waals surface area contributed by atoms with Crippen molar-refractivity contribution in [1.29, 1.82) is 0 Å². The molecule has 0 bridgehead atoms. The van der Waals surface area contributed by atoms with E-state index >= 15 is 0 Å². The first-order valence-corrected chi connectivity index (χ1v) is 13.8. The van der Waals surface area contributed by atoms with Crippen LogP contribution in [0, 0.1) is 6.92 Å². The van der Waals surface area contributed by atoms with E-state index in [1.807, 2.05) is 32.3 Å². The number of benzene rings is 1. The first-order valence-electron chi connectivity index (χ1n) is 13.4. The van der Waals surface area contributed by atoms with E-state index in [9.17, 15) is 9.90 Å². The zero-order valence-corrected chi connectivity index (χ0v) is 24.1. The molecule has 1 saturated heterocycles. The summed E-state index contributed by atoms with van der Waals surface area (Å²) in [6, 6.07) is 8.08. The number of rotatable bonds is 5. The summed E-state index contributed by atoms with van der Waals surface area (Å²) < 4.78 is 13.5. The maximum Gasteiger partial charge on any atom is 0.410 e. The summed E-state index contributed by atoms with van der Waals surface area (Å²) in [6.45, 7) is 8.21. The molecule has 1 aromatic carbocycles. The number of hydrogen-bond acceptors (Lipinski definition) is 9. The molecule has 0 unspecified atom stereocenters. The summed E-state index contributed by atoms with van der Waals surface area (Å²) in [6.07, 6.45) is 6.48. The van der Waals surface area contributed by atoms with Crippen LogP contribution in [0.3, 0.4) is 0 Å². The van der Waals surface area contributed by atoms with Gasteiger partial charge in [0.2, 0.25) is 11.8 Å². The fraction of sp³-hybridized carbons (Fsp3) is 0.379. The molecule has 4 heterocycles. The van der Waals surface area contributed by atoms with Gasteiger partial charge in [-0.15, -0.1) is 0 Å². The minimum Gasteiger partial charge on any atom is -0.858 e. The van der Waals surface area contributed by atoms with E-state index in [-0.39, 0.29) is 17.0 Å². The van der Waals surface area contributed by atoms with Crippen LogP contribution in [0.4, 0.5) is 10.7 Å². The summed E-state index contributed by atoms with van der Waals surface area (Å²) in [4.78, 5) is 36.1. The number of fused-ring (bicyclic) bond motifs is 1. The summed E-state index contributed by atoms with van der Waals surface area (Å²) in [5.74, 6) is 0.417. The van der Waals surface area contributed by atoms with Gasteiger partial charge in [0.1, 0.15) is 22.7 Å². The van der Waals surface area contributed by atoms with Crippen LogP contribution >= 0.6 is 11.6 Å². The fourth-order valence-electron chi connectivity index (χ4n) is 4.73. The van der Waals surface area contributed by atoms with E-state index in [0.717, 1.165) is 12.8 Å². The third-order valence-electron chi connectivity index (χ3n) is 6.51. The minimum absolute atomic E-state index is 0.191. The second-order valence-corrected chi connectivity index (χ2v) is 11.2. The van der Waals surface area contributed by atoms with Crippen LogP contribution in [0.2, 0.25) is 5.02 Å². The average molecular weight is 577 g/mol. The van der Waals surface area contributed by atoms with Crippen molar-refractivity contribution in [2.24, 2.45) is 4.99 Å². The van der Waals surface area contributed by atoms with Crippen molar-refractivity contribution < 1.29 is 19.4 Å². The topological polar surface area (TPSA) is 131 Å². The Morgan fingerprint density at radius 1 is 1.15 bits per heavy atom. The van der Waals surface area contributed by atoms with Crippen molar-refractivity contribution >= 4 is 40.6 Å². The smallest absolute Gasteiger partial charge is 0.410 e. The second kappa shape index (κ2) is 11.7. The van der Waals surface area contributed by atoms with Crippen LogP contribution in [-0.2, 0) is 4.74 Å². The molecule has 0 saturated carbocycles. The minimum atomic E-state index is -0.632. The monoisotopic (exact) mass is 576 g/mol. The van der Waals surface area contributed by atoms with Crippen LogP contribution in [-0.4, -0.2) is 60.1 Å². The van der Waals surface area contributed by atoms with E-state index in [1.54, 1.807) is 47.6 Å². The van der Waals surface area contributed by atoms with Crippen LogP contribution in [0.1, 0.15) is 57.3 Å². The summed E-state index contributed by atoms with van der Waals surface area (Å²) in [5, 5.41) is 13.6. The van der Waals surface area contributed by atoms with Crippen LogP contribution in [0.5, 0.6) is 11.6 Å². The molecular formula is C29H31ClN7O4-. The first-order chi connectivity index (χ1) is 19.6. The lowest BCUT2D eigenvalue weighted by atomic mass is 10.1. The highest BCUT2D eigenvalue weighted by molar-refractivity contribution is 6.36. The normalized spacial score (nSPS) is 16.5. The number of halogens is 1. The van der Waals surface area contributed by atoms with Gasteiger partial charge in [0.15, 0.2) is 0 Å². The van der Waals surface area contributed by atoms with Gasteiger partial charge in [-0.3, -0.25) is 4.98 Å². The van der Waals surface area contributed by atoms with Crippen molar-refractivity contribution in [2.75, 3.05) is 13.1 Å². The van der Waals surface area contributed by atoms with Crippen LogP contribution < -0.4 is 9.84 Å². The molecule has 0 spiro atoms. The number of carbonyl (C=O) groups excluding carboxylic acids is 1. The molecule has 1 amide bonds. The highest BCUT2D eigenvalue weighted by atomic mass is 35.5. The predicted molar refractivity (Wildman–Crippen MR) is 153 cm³/mol. The van der Waals surface area contributed by atoms with Gasteiger partial charge in [0, 0.05) is 37.2 Å². The number of aliphatic imine (C=N–C) groups is 1. The van der Waals surface area contributed by atoms with E-state index in [0.29, 0.717) is 53.4 Å². The molecule has 214 valence electrons. The number of pyridine rings is 1. The highest BCUT2D eigenvalue weighted by Crippen LogP contribution is 2.40. The molecule has 1 aliphatic rings. The quantitative estimate of drug-likeness (QED) is 0.229. The summed E-state index contributed by atoms with van der Waals surface area (Å²) in [7, 11) is 0. The number of amides is 1. The van der Waals surface area contributed by atoms with Crippen molar-refractivity contribution in [1.82, 2.24) is 29.4 Å². The van der Waals surface area contributed by atoms with Crippen LogP contribution in [0.25, 0.3) is 11.0 Å². The number of aryl methyl sites for hydroxylation is 1. The van der Waals surface area contributed by atoms with E-state index in [4.69, 9.17) is 26.1 Å². The first kappa shape index (κ1) is 28.3. The second-order valence-electron chi connectivity index (χ2n) is 10.9. The Balaban J connectivity index is 1.62. The average Bonchev–Trinajstić information content (AvgIpc) is 3.10. The predicted octanol–water partition coefficient (Wildman–Crippen LogP) is 5.38. The molecule has 12 heteroatoms. The number of carbonyl (C=O) groups is 1. The SMILES string of the molecule is Cc1cc(/C([O-])=N/c2nc3ccc(Oc4ccncn4)c(Cl)c3n2[C@@H]2CCCCN(C(=O)OC(C)(C)C)C2)ccn1. The zero-order chi connectivity index (χ0) is 29.1. The molecule has 1 atom stereocenters. The van der Waals surface area contributed by atoms with Gasteiger partial charge in [-0.25, -0.2) is 24.7 Å². The Morgan fingerprint density at radius 2 is 1.98 bits per heavy atom. The number of ether oxygens (including phenoxy) is 2. The third-order valence-corrected chi connectivity index (χ3v) is 6.88. The molecule has 0 radical (unpaired) electrons. The number of hydrogen-bond donors (Lipinski definition) is 0. The Morgan fingerprint density at radius 3 is 2.71 bits per heavy atom. The maximum atomic E-state index is 13.3. The van der Waals surface area contributed by atoms with E-state index in [2.05, 4.69) is 19.9 Å². The summed E-state index contributed by atoms with van der Waals surface area (Å²) in [5.41, 5.74) is 1.55. The molecule has 41 heavy (non-hydrogen) atoms. The third kappa shape index (κ3) is 6.57. The van der Waals surface area contributed by atoms with Gasteiger partial charge in [-0.1, -0.05) is 11.6 Å². The largest absolute Gasteiger partial charge is 0.858 e. The van der Waals surface area contributed by atoms with Crippen molar-refractivity contribution in [3.8, 4) is 11.6 Å². The van der Waals surface area contributed by atoms with Gasteiger partial charge in [-0.2, -0.15) is 0 Å². The Hall–Kier alpha value is -4.25. The lowest BCUT2D eigenvalue weighted by Gasteiger charge is -2.29. The number of aromatic nitrogens is 5. The number of nitrogens with zero attached hydrogens (tertiary/aromatic N) is 7. The number of imidazole rings is 1. The van der Waals surface area contributed by atoms with E-state index < -0.39 is 17.6 Å². The summed E-state index contributed by atoms with van der Waals surface area (Å²) >= 11 is 6.96. The lowest BCUT2D eigenvalue weighted by Crippen LogP contribution is -2.39. The molecule has 1 aliphatic heterocycles. The maximum absolute atomic E-state index is 13.3. The standard InChI is InChI=1S/C29H32ClN7O4/c1-18-15-19(10-13-32-18)26(38)35-27-34-21-8-9-22(40-23-11-12-31-17-33-23)24(30)25(21)37(27)20-7-5-6-14-36(16-20)28(39)41-29(2,3)4/h8-13,15,17,20H,5-7,14,16H2,1-4H3,(H,34,35,38)/p-1/t20-/m1/s1. The molecule has 4 aromatic rings. The molecule has 0 aliphatic carbocycles. The molecule has 0 N–H and O–H groups in total. The molecule has 3 aromatic heterocycles. The molecular weight excluding hydrogens is 546 g/mol. The molecule has 11 nitrogen and oxygen atoms in total. The molecule has 1 fully saturated rings. The van der Waals surface area contributed by atoms with Gasteiger partial charge in [0.25, 0.3) is 0 Å². The van der Waals surface area contributed by atoms with Crippen LogP contribution in [0.15, 0.2) is 54.0 Å². The van der Waals surface area contributed by atoms with Gasteiger partial charge in [-0.05, 0) is 82.7 Å². The Kier molecular flexibility index (Phi) is 8.07. The Labute approximate surface area is 242 Å². The van der Waals surface area contributed by atoms with Crippen molar-refractivity contribution in [3.63, 3.8) is 0 Å². The van der Waals surface area contributed by atoms with Gasteiger partial charge in [0.05, 0.1) is 17.1 Å². The van der Waals surface area contributed by atoms with Gasteiger partial charge < -0.3 is 24.0 Å². The Bertz CT molecular complexity index is 1580. The van der Waals surface area contributed by atoms with E-state index in [1.165, 1.54) is 6.33 Å². The van der Waals surface area contributed by atoms with Crippen molar-refractivity contribution in [2.45, 2.75) is 58.6 Å². The van der Waals surface area contributed by atoms with Gasteiger partial charge >= 0.3 is 6.09 Å². The lowest BCUT2D eigenvalue weighted by molar-refractivity contribution is -0.212.